The summed E-state index contributed by atoms with van der Waals surface area (Å²) in [6, 6.07) is 12.8. The number of halogens is 1. The van der Waals surface area contributed by atoms with Crippen molar-refractivity contribution in [1.29, 1.82) is 0 Å². The summed E-state index contributed by atoms with van der Waals surface area (Å²) in [5, 5.41) is 2.92. The first-order valence-electron chi connectivity index (χ1n) is 10.1. The quantitative estimate of drug-likeness (QED) is 0.636. The lowest BCUT2D eigenvalue weighted by molar-refractivity contribution is -0.0324. The average Bonchev–Trinajstić information content (AvgIpc) is 2.80. The first-order chi connectivity index (χ1) is 14.6. The van der Waals surface area contributed by atoms with Crippen LogP contribution in [0.1, 0.15) is 28.4 Å². The van der Waals surface area contributed by atoms with Crippen LogP contribution in [-0.4, -0.2) is 57.1 Å². The fourth-order valence-corrected chi connectivity index (χ4v) is 3.72. The van der Waals surface area contributed by atoms with Gasteiger partial charge in [0.1, 0.15) is 12.9 Å². The van der Waals surface area contributed by atoms with E-state index in [9.17, 15) is 9.18 Å². The molecule has 2 aromatic rings. The molecule has 2 aromatic carbocycles. The number of hydrogen-bond donors (Lipinski definition) is 1. The Labute approximate surface area is 176 Å². The van der Waals surface area contributed by atoms with E-state index in [0.29, 0.717) is 17.9 Å². The lowest BCUT2D eigenvalue weighted by Crippen LogP contribution is -2.53. The lowest BCUT2D eigenvalue weighted by atomic mass is 9.97. The van der Waals surface area contributed by atoms with Gasteiger partial charge in [0.15, 0.2) is 11.5 Å². The van der Waals surface area contributed by atoms with E-state index in [1.54, 1.807) is 38.5 Å². The second-order valence-corrected chi connectivity index (χ2v) is 7.26. The summed E-state index contributed by atoms with van der Waals surface area (Å²) in [4.78, 5) is 14.8. The predicted octanol–water partition coefficient (Wildman–Crippen LogP) is 3.19. The van der Waals surface area contributed by atoms with Gasteiger partial charge in [-0.3, -0.25) is 9.69 Å². The normalized spacial score (nSPS) is 15.7. The number of carbonyl (C=O) groups excluding carboxylic acids is 1. The first-order valence-corrected chi connectivity index (χ1v) is 10.1. The third-order valence-electron chi connectivity index (χ3n) is 5.45. The molecule has 0 aliphatic carbocycles. The number of fused-ring (bicyclic) bond motifs is 1. The molecule has 1 amide bonds. The molecule has 1 N–H and O–H groups in total. The summed E-state index contributed by atoms with van der Waals surface area (Å²) >= 11 is 0. The third-order valence-corrected chi connectivity index (χ3v) is 5.45. The number of nitrogens with zero attached hydrogens (tertiary/aromatic N) is 1. The maximum absolute atomic E-state index is 12.8. The molecular formula is C23H29FN2O4. The smallest absolute Gasteiger partial charge is 0.253 e. The molecule has 30 heavy (non-hydrogen) atoms. The number of alkyl halides is 1. The van der Waals surface area contributed by atoms with Crippen LogP contribution in [0.5, 0.6) is 11.5 Å². The Balaban J connectivity index is 1.74. The van der Waals surface area contributed by atoms with Gasteiger partial charge in [-0.05, 0) is 48.7 Å². The van der Waals surface area contributed by atoms with Gasteiger partial charge in [-0.2, -0.15) is 0 Å². The van der Waals surface area contributed by atoms with Crippen molar-refractivity contribution in [3.63, 3.8) is 0 Å². The van der Waals surface area contributed by atoms with Crippen molar-refractivity contribution in [2.75, 3.05) is 34.0 Å². The molecule has 0 aromatic heterocycles. The molecule has 0 saturated heterocycles. The van der Waals surface area contributed by atoms with Crippen LogP contribution in [0, 0.1) is 0 Å². The molecule has 0 bridgehead atoms. The number of hydrogen-bond acceptors (Lipinski definition) is 5. The number of methoxy groups -OCH3 is 2. The molecule has 162 valence electrons. The zero-order valence-corrected chi connectivity index (χ0v) is 17.7. The van der Waals surface area contributed by atoms with Gasteiger partial charge in [0.05, 0.1) is 26.9 Å². The van der Waals surface area contributed by atoms with E-state index in [4.69, 9.17) is 14.2 Å². The number of nitrogens with one attached hydrogen (secondary N) is 1. The van der Waals surface area contributed by atoms with Gasteiger partial charge in [0.25, 0.3) is 5.91 Å². The highest BCUT2D eigenvalue weighted by Gasteiger charge is 2.29. The van der Waals surface area contributed by atoms with Crippen LogP contribution in [0.2, 0.25) is 0 Å². The molecule has 2 atom stereocenters. The van der Waals surface area contributed by atoms with E-state index in [-0.39, 0.29) is 18.6 Å². The molecular weight excluding hydrogens is 387 g/mol. The Hall–Kier alpha value is -2.64. The summed E-state index contributed by atoms with van der Waals surface area (Å²) in [5.74, 6) is 1.17. The van der Waals surface area contributed by atoms with E-state index in [1.807, 2.05) is 25.1 Å². The molecule has 0 fully saturated rings. The lowest BCUT2D eigenvalue weighted by Gasteiger charge is -2.38. The minimum absolute atomic E-state index is 0.0699. The maximum Gasteiger partial charge on any atom is 0.253 e. The summed E-state index contributed by atoms with van der Waals surface area (Å²) < 4.78 is 29.3. The van der Waals surface area contributed by atoms with Gasteiger partial charge in [-0.15, -0.1) is 0 Å². The second kappa shape index (κ2) is 10.4. The minimum Gasteiger partial charge on any atom is -0.493 e. The van der Waals surface area contributed by atoms with Gasteiger partial charge in [0.2, 0.25) is 0 Å². The molecule has 1 heterocycles. The average molecular weight is 416 g/mol. The SMILES string of the molecule is COc1cc2c(cc1OC)CN(C(C)C(NC(=O)c1ccccc1)OCCF)CC2. The number of rotatable bonds is 9. The van der Waals surface area contributed by atoms with E-state index >= 15 is 0 Å². The van der Waals surface area contributed by atoms with Crippen LogP contribution in [-0.2, 0) is 17.7 Å². The zero-order valence-electron chi connectivity index (χ0n) is 17.7. The highest BCUT2D eigenvalue weighted by atomic mass is 19.1. The topological polar surface area (TPSA) is 60.0 Å². The van der Waals surface area contributed by atoms with Crippen molar-refractivity contribution < 1.29 is 23.4 Å². The summed E-state index contributed by atoms with van der Waals surface area (Å²) in [6.45, 7) is 2.78. The van der Waals surface area contributed by atoms with Crippen LogP contribution in [0.4, 0.5) is 4.39 Å². The van der Waals surface area contributed by atoms with E-state index in [0.717, 1.165) is 24.3 Å². The van der Waals surface area contributed by atoms with Crippen LogP contribution >= 0.6 is 0 Å². The van der Waals surface area contributed by atoms with Crippen molar-refractivity contribution in [3.05, 3.63) is 59.2 Å². The Kier molecular flexibility index (Phi) is 7.65. The Morgan fingerprint density at radius 1 is 1.13 bits per heavy atom. The highest BCUT2D eigenvalue weighted by Crippen LogP contribution is 2.33. The predicted molar refractivity (Wildman–Crippen MR) is 113 cm³/mol. The van der Waals surface area contributed by atoms with Gasteiger partial charge in [0, 0.05) is 18.7 Å². The number of benzene rings is 2. The fourth-order valence-electron chi connectivity index (χ4n) is 3.72. The maximum atomic E-state index is 12.8. The summed E-state index contributed by atoms with van der Waals surface area (Å²) in [5.41, 5.74) is 2.90. The van der Waals surface area contributed by atoms with Crippen molar-refractivity contribution in [2.24, 2.45) is 0 Å². The molecule has 6 nitrogen and oxygen atoms in total. The van der Waals surface area contributed by atoms with E-state index in [1.165, 1.54) is 5.56 Å². The van der Waals surface area contributed by atoms with Gasteiger partial charge in [-0.25, -0.2) is 4.39 Å². The number of carbonyl (C=O) groups is 1. The third kappa shape index (κ3) is 5.09. The van der Waals surface area contributed by atoms with Crippen LogP contribution in [0.25, 0.3) is 0 Å². The van der Waals surface area contributed by atoms with Gasteiger partial charge in [-0.1, -0.05) is 18.2 Å². The molecule has 0 spiro atoms. The number of ether oxygens (including phenoxy) is 3. The Bertz CT molecular complexity index is 847. The Morgan fingerprint density at radius 2 is 1.80 bits per heavy atom. The highest BCUT2D eigenvalue weighted by molar-refractivity contribution is 5.94. The molecule has 3 rings (SSSR count). The van der Waals surface area contributed by atoms with Gasteiger partial charge < -0.3 is 19.5 Å². The number of amides is 1. The van der Waals surface area contributed by atoms with E-state index < -0.39 is 12.9 Å². The second-order valence-electron chi connectivity index (χ2n) is 7.26. The van der Waals surface area contributed by atoms with Crippen molar-refractivity contribution in [2.45, 2.75) is 32.2 Å². The van der Waals surface area contributed by atoms with Crippen molar-refractivity contribution in [1.82, 2.24) is 10.2 Å². The molecule has 2 unspecified atom stereocenters. The Morgan fingerprint density at radius 3 is 2.43 bits per heavy atom. The molecule has 0 radical (unpaired) electrons. The zero-order chi connectivity index (χ0) is 21.5. The molecule has 1 aliphatic rings. The van der Waals surface area contributed by atoms with E-state index in [2.05, 4.69) is 10.2 Å². The first kappa shape index (κ1) is 22.1. The summed E-state index contributed by atoms with van der Waals surface area (Å²) in [7, 11) is 3.25. The van der Waals surface area contributed by atoms with Crippen molar-refractivity contribution in [3.8, 4) is 11.5 Å². The summed E-state index contributed by atoms with van der Waals surface area (Å²) in [6.07, 6.45) is 0.206. The monoisotopic (exact) mass is 416 g/mol. The molecule has 7 heteroatoms. The fraction of sp³-hybridized carbons (Fsp3) is 0.435. The largest absolute Gasteiger partial charge is 0.493 e. The van der Waals surface area contributed by atoms with Crippen LogP contribution in [0.3, 0.4) is 0 Å². The molecule has 1 aliphatic heterocycles. The van der Waals surface area contributed by atoms with Crippen LogP contribution < -0.4 is 14.8 Å². The van der Waals surface area contributed by atoms with Crippen LogP contribution in [0.15, 0.2) is 42.5 Å². The standard InChI is InChI=1S/C23H29FN2O4/c1-16(23(30-12-10-24)25-22(27)17-7-5-4-6-8-17)26-11-9-18-13-20(28-2)21(29-3)14-19(18)15-26/h4-8,13-14,16,23H,9-12,15H2,1-3H3,(H,25,27). The van der Waals surface area contributed by atoms with Crippen molar-refractivity contribution >= 4 is 5.91 Å². The van der Waals surface area contributed by atoms with Gasteiger partial charge >= 0.3 is 0 Å². The minimum atomic E-state index is -0.629. The molecule has 0 saturated carbocycles.